The van der Waals surface area contributed by atoms with Crippen molar-refractivity contribution in [2.75, 3.05) is 0 Å². The molecule has 1 aromatic heterocycles. The van der Waals surface area contributed by atoms with Gasteiger partial charge >= 0.3 is 12.2 Å². The fourth-order valence-electron chi connectivity index (χ4n) is 2.52. The number of aromatic nitrogens is 1. The topological polar surface area (TPSA) is 66.4 Å². The number of carbonyl (C=O) groups excluding carboxylic acids is 1. The van der Waals surface area contributed by atoms with Gasteiger partial charge in [-0.15, -0.1) is 0 Å². The van der Waals surface area contributed by atoms with Gasteiger partial charge in [-0.05, 0) is 25.1 Å². The van der Waals surface area contributed by atoms with Crippen LogP contribution in [0.5, 0.6) is 0 Å². The minimum atomic E-state index is -4.58. The number of benzene rings is 1. The lowest BCUT2D eigenvalue weighted by Gasteiger charge is -2.22. The highest BCUT2D eigenvalue weighted by atomic mass is 35.5. The largest absolute Gasteiger partial charge is 0.417 e. The van der Waals surface area contributed by atoms with Crippen LogP contribution < -0.4 is 10.7 Å². The fraction of sp³-hybridized carbons (Fsp3) is 0.188. The van der Waals surface area contributed by atoms with E-state index in [1.165, 1.54) is 30.5 Å². The summed E-state index contributed by atoms with van der Waals surface area (Å²) in [5, 5.41) is 6.74. The molecule has 130 valence electrons. The highest BCUT2D eigenvalue weighted by Crippen LogP contribution is 2.37. The molecule has 25 heavy (non-hydrogen) atoms. The molecule has 0 saturated carbocycles. The lowest BCUT2D eigenvalue weighted by Crippen LogP contribution is -2.48. The predicted octanol–water partition coefficient (Wildman–Crippen LogP) is 3.83. The average Bonchev–Trinajstić information content (AvgIpc) is 2.54. The molecule has 2 N–H and O–H groups in total. The van der Waals surface area contributed by atoms with E-state index in [1.54, 1.807) is 6.92 Å². The lowest BCUT2D eigenvalue weighted by atomic mass is 9.96. The van der Waals surface area contributed by atoms with Gasteiger partial charge in [-0.1, -0.05) is 23.7 Å². The standard InChI is InChI=1S/C16H12ClF3N4O/c1-8-14(23-24-15(25)22-8)9-2-4-11(12(6-9)16(18,19)20)13-5-3-10(17)7-21-13/h2-8H,1H3,(H2,22,24,25)/t8-/m0/s1. The molecule has 0 fully saturated rings. The molecule has 2 heterocycles. The molecular formula is C16H12ClF3N4O. The molecule has 1 aliphatic heterocycles. The number of carbonyl (C=O) groups is 1. The quantitative estimate of drug-likeness (QED) is 0.846. The highest BCUT2D eigenvalue weighted by molar-refractivity contribution is 6.30. The Labute approximate surface area is 145 Å². The number of urea groups is 1. The first-order chi connectivity index (χ1) is 11.8. The number of amides is 2. The summed E-state index contributed by atoms with van der Waals surface area (Å²) in [6.45, 7) is 1.64. The Kier molecular flexibility index (Phi) is 4.38. The van der Waals surface area contributed by atoms with E-state index in [0.717, 1.165) is 6.07 Å². The molecule has 1 aromatic carbocycles. The SMILES string of the molecule is C[C@@H]1NC(=O)NN=C1c1ccc(-c2ccc(Cl)cn2)c(C(F)(F)F)c1. The van der Waals surface area contributed by atoms with Crippen molar-refractivity contribution in [1.29, 1.82) is 0 Å². The van der Waals surface area contributed by atoms with Crippen molar-refractivity contribution in [3.8, 4) is 11.3 Å². The first kappa shape index (κ1) is 17.2. The van der Waals surface area contributed by atoms with Gasteiger partial charge in [0.1, 0.15) is 0 Å². The zero-order chi connectivity index (χ0) is 18.2. The van der Waals surface area contributed by atoms with E-state index >= 15 is 0 Å². The second kappa shape index (κ2) is 6.36. The van der Waals surface area contributed by atoms with Gasteiger partial charge in [-0.3, -0.25) is 4.98 Å². The van der Waals surface area contributed by atoms with Gasteiger partial charge in [0.2, 0.25) is 0 Å². The molecule has 1 aliphatic rings. The third-order valence-corrected chi connectivity index (χ3v) is 3.88. The van der Waals surface area contributed by atoms with Gasteiger partial charge in [0.15, 0.2) is 0 Å². The van der Waals surface area contributed by atoms with Crippen LogP contribution in [-0.2, 0) is 6.18 Å². The molecule has 0 saturated heterocycles. The number of alkyl halides is 3. The van der Waals surface area contributed by atoms with Crippen LogP contribution in [0.3, 0.4) is 0 Å². The smallest absolute Gasteiger partial charge is 0.328 e. The third-order valence-electron chi connectivity index (χ3n) is 3.66. The number of nitrogens with one attached hydrogen (secondary N) is 2. The van der Waals surface area contributed by atoms with Crippen LogP contribution >= 0.6 is 11.6 Å². The van der Waals surface area contributed by atoms with Crippen LogP contribution in [0.1, 0.15) is 18.1 Å². The van der Waals surface area contributed by atoms with Gasteiger partial charge in [-0.2, -0.15) is 18.3 Å². The van der Waals surface area contributed by atoms with Crippen molar-refractivity contribution < 1.29 is 18.0 Å². The van der Waals surface area contributed by atoms with E-state index in [1.807, 2.05) is 0 Å². The zero-order valence-corrected chi connectivity index (χ0v) is 13.6. The van der Waals surface area contributed by atoms with Crippen LogP contribution in [0.4, 0.5) is 18.0 Å². The number of hydrogen-bond donors (Lipinski definition) is 2. The number of hydrogen-bond acceptors (Lipinski definition) is 3. The van der Waals surface area contributed by atoms with E-state index in [-0.39, 0.29) is 16.8 Å². The minimum absolute atomic E-state index is 0.0611. The van der Waals surface area contributed by atoms with Crippen LogP contribution in [0.2, 0.25) is 5.02 Å². The van der Waals surface area contributed by atoms with Crippen LogP contribution in [0.25, 0.3) is 11.3 Å². The summed E-state index contributed by atoms with van der Waals surface area (Å²) < 4.78 is 40.6. The number of hydrazone groups is 1. The van der Waals surface area contributed by atoms with Crippen molar-refractivity contribution in [3.05, 3.63) is 52.7 Å². The molecule has 2 aromatic rings. The Balaban J connectivity index is 2.10. The van der Waals surface area contributed by atoms with E-state index < -0.39 is 23.8 Å². The number of rotatable bonds is 2. The first-order valence-electron chi connectivity index (χ1n) is 7.23. The molecule has 0 spiro atoms. The third kappa shape index (κ3) is 3.58. The van der Waals surface area contributed by atoms with Crippen LogP contribution in [0.15, 0.2) is 41.6 Å². The molecule has 0 radical (unpaired) electrons. The molecular weight excluding hydrogens is 357 g/mol. The maximum atomic E-state index is 13.5. The van der Waals surface area contributed by atoms with E-state index in [2.05, 4.69) is 20.8 Å². The van der Waals surface area contributed by atoms with Crippen LogP contribution in [-0.4, -0.2) is 22.8 Å². The normalized spacial score (nSPS) is 17.6. The Morgan fingerprint density at radius 2 is 1.96 bits per heavy atom. The summed E-state index contributed by atoms with van der Waals surface area (Å²) >= 11 is 5.74. The molecule has 9 heteroatoms. The highest BCUT2D eigenvalue weighted by Gasteiger charge is 2.35. The first-order valence-corrected chi connectivity index (χ1v) is 7.61. The maximum absolute atomic E-state index is 13.5. The molecule has 0 bridgehead atoms. The second-order valence-electron chi connectivity index (χ2n) is 5.42. The van der Waals surface area contributed by atoms with Gasteiger partial charge in [0.25, 0.3) is 0 Å². The van der Waals surface area contributed by atoms with E-state index in [9.17, 15) is 18.0 Å². The summed E-state index contributed by atoms with van der Waals surface area (Å²) in [6.07, 6.45) is -3.29. The van der Waals surface area contributed by atoms with Gasteiger partial charge in [-0.25, -0.2) is 10.2 Å². The van der Waals surface area contributed by atoms with Gasteiger partial charge in [0, 0.05) is 17.3 Å². The number of pyridine rings is 1. The summed E-state index contributed by atoms with van der Waals surface area (Å²) in [7, 11) is 0. The molecule has 3 rings (SSSR count). The van der Waals surface area contributed by atoms with Crippen molar-refractivity contribution in [1.82, 2.24) is 15.7 Å². The number of nitrogens with zero attached hydrogens (tertiary/aromatic N) is 2. The molecule has 1 atom stereocenters. The Morgan fingerprint density at radius 1 is 1.20 bits per heavy atom. The zero-order valence-electron chi connectivity index (χ0n) is 12.9. The monoisotopic (exact) mass is 368 g/mol. The van der Waals surface area contributed by atoms with Crippen molar-refractivity contribution in [2.24, 2.45) is 5.10 Å². The summed E-state index contributed by atoms with van der Waals surface area (Å²) in [6, 6.07) is 5.72. The van der Waals surface area contributed by atoms with Crippen molar-refractivity contribution >= 4 is 23.3 Å². The van der Waals surface area contributed by atoms with E-state index in [4.69, 9.17) is 11.6 Å². The molecule has 5 nitrogen and oxygen atoms in total. The molecule has 2 amide bonds. The van der Waals surface area contributed by atoms with Gasteiger partial charge < -0.3 is 5.32 Å². The second-order valence-corrected chi connectivity index (χ2v) is 5.86. The lowest BCUT2D eigenvalue weighted by molar-refractivity contribution is -0.137. The Hall–Kier alpha value is -2.61. The summed E-state index contributed by atoms with van der Waals surface area (Å²) in [5.74, 6) is 0. The molecule has 0 aliphatic carbocycles. The van der Waals surface area contributed by atoms with Crippen LogP contribution in [0, 0.1) is 0 Å². The summed E-state index contributed by atoms with van der Waals surface area (Å²) in [5.41, 5.74) is 2.02. The van der Waals surface area contributed by atoms with Crippen molar-refractivity contribution in [3.63, 3.8) is 0 Å². The van der Waals surface area contributed by atoms with Crippen molar-refractivity contribution in [2.45, 2.75) is 19.1 Å². The minimum Gasteiger partial charge on any atom is -0.328 e. The molecule has 0 unspecified atom stereocenters. The average molecular weight is 369 g/mol. The predicted molar refractivity (Wildman–Crippen MR) is 87.4 cm³/mol. The Morgan fingerprint density at radius 3 is 2.56 bits per heavy atom. The fourth-order valence-corrected chi connectivity index (χ4v) is 2.63. The maximum Gasteiger partial charge on any atom is 0.417 e. The number of halogens is 4. The van der Waals surface area contributed by atoms with E-state index in [0.29, 0.717) is 10.7 Å². The summed E-state index contributed by atoms with van der Waals surface area (Å²) in [4.78, 5) is 15.2. The van der Waals surface area contributed by atoms with Gasteiger partial charge in [0.05, 0.1) is 28.0 Å². The Bertz CT molecular complexity index is 849.